The fraction of sp³-hybridized carbons (Fsp3) is 0.375. The van der Waals surface area contributed by atoms with Crippen LogP contribution in [0.2, 0.25) is 0 Å². The summed E-state index contributed by atoms with van der Waals surface area (Å²) in [6.45, 7) is 4.59. The molecule has 0 radical (unpaired) electrons. The molecule has 2 nitrogen and oxygen atoms in total. The van der Waals surface area contributed by atoms with Crippen LogP contribution in [0.3, 0.4) is 0 Å². The summed E-state index contributed by atoms with van der Waals surface area (Å²) in [6.07, 6.45) is 1.11. The summed E-state index contributed by atoms with van der Waals surface area (Å²) in [7, 11) is 0. The van der Waals surface area contributed by atoms with Crippen LogP contribution in [0, 0.1) is 5.92 Å². The van der Waals surface area contributed by atoms with Gasteiger partial charge >= 0.3 is 0 Å². The molecule has 2 N–H and O–H groups in total. The van der Waals surface area contributed by atoms with Gasteiger partial charge in [0.2, 0.25) is 0 Å². The molecule has 1 fully saturated rings. The number of benzene rings is 2. The summed E-state index contributed by atoms with van der Waals surface area (Å²) in [5.41, 5.74) is 1.45. The van der Waals surface area contributed by atoms with Crippen molar-refractivity contribution in [3.63, 3.8) is 0 Å². The van der Waals surface area contributed by atoms with Crippen molar-refractivity contribution in [2.45, 2.75) is 6.42 Å². The molecule has 1 heterocycles. The molecule has 0 saturated carbocycles. The molecular weight excluding hydrogens is 220 g/mol. The Balaban J connectivity index is 1.59. The van der Waals surface area contributed by atoms with Gasteiger partial charge in [-0.1, -0.05) is 42.5 Å². The summed E-state index contributed by atoms with van der Waals surface area (Å²) < 4.78 is 0. The highest BCUT2D eigenvalue weighted by molar-refractivity contribution is 5.85. The molecule has 1 saturated heterocycles. The molecule has 0 aromatic heterocycles. The average molecular weight is 240 g/mol. The standard InChI is InChI=1S/C16H20N2/c1-2-7-16-14(4-1)5-3-6-15(16)8-9-17-10-13-11-18-12-13/h1-7,13,17-18H,8-12H2. The van der Waals surface area contributed by atoms with E-state index in [4.69, 9.17) is 0 Å². The van der Waals surface area contributed by atoms with Crippen molar-refractivity contribution < 1.29 is 0 Å². The molecule has 0 spiro atoms. The van der Waals surface area contributed by atoms with Gasteiger partial charge in [0, 0.05) is 19.6 Å². The van der Waals surface area contributed by atoms with Crippen LogP contribution in [0.15, 0.2) is 42.5 Å². The number of nitrogens with one attached hydrogen (secondary N) is 2. The maximum Gasteiger partial charge on any atom is 0.000394 e. The summed E-state index contributed by atoms with van der Waals surface area (Å²) in [5.74, 6) is 0.845. The van der Waals surface area contributed by atoms with E-state index >= 15 is 0 Å². The molecule has 2 aromatic rings. The predicted octanol–water partition coefficient (Wildman–Crippen LogP) is 2.19. The topological polar surface area (TPSA) is 24.1 Å². The third-order valence-electron chi connectivity index (χ3n) is 3.75. The molecule has 2 aromatic carbocycles. The highest BCUT2D eigenvalue weighted by atomic mass is 15.0. The van der Waals surface area contributed by atoms with Crippen molar-refractivity contribution in [3.8, 4) is 0 Å². The van der Waals surface area contributed by atoms with Gasteiger partial charge < -0.3 is 10.6 Å². The summed E-state index contributed by atoms with van der Waals surface area (Å²) in [5, 5.41) is 9.61. The Kier molecular flexibility index (Phi) is 3.58. The largest absolute Gasteiger partial charge is 0.316 e. The zero-order chi connectivity index (χ0) is 12.2. The van der Waals surface area contributed by atoms with Crippen LogP contribution in [-0.2, 0) is 6.42 Å². The Morgan fingerprint density at radius 1 is 1.06 bits per heavy atom. The van der Waals surface area contributed by atoms with Gasteiger partial charge in [-0.05, 0) is 35.2 Å². The van der Waals surface area contributed by atoms with Crippen LogP contribution >= 0.6 is 0 Å². The highest BCUT2D eigenvalue weighted by Gasteiger charge is 2.15. The van der Waals surface area contributed by atoms with Crippen molar-refractivity contribution in [1.29, 1.82) is 0 Å². The van der Waals surface area contributed by atoms with Crippen LogP contribution < -0.4 is 10.6 Å². The van der Waals surface area contributed by atoms with E-state index in [9.17, 15) is 0 Å². The fourth-order valence-corrected chi connectivity index (χ4v) is 2.53. The minimum Gasteiger partial charge on any atom is -0.316 e. The summed E-state index contributed by atoms with van der Waals surface area (Å²) in [6, 6.07) is 15.2. The van der Waals surface area contributed by atoms with E-state index in [-0.39, 0.29) is 0 Å². The Labute approximate surface area is 108 Å². The molecule has 2 heteroatoms. The lowest BCUT2D eigenvalue weighted by atomic mass is 10.0. The Morgan fingerprint density at radius 2 is 1.89 bits per heavy atom. The van der Waals surface area contributed by atoms with E-state index in [0.29, 0.717) is 0 Å². The maximum atomic E-state index is 3.56. The van der Waals surface area contributed by atoms with Gasteiger partial charge in [0.1, 0.15) is 0 Å². The van der Waals surface area contributed by atoms with Crippen molar-refractivity contribution in [2.75, 3.05) is 26.2 Å². The van der Waals surface area contributed by atoms with Crippen LogP contribution in [0.4, 0.5) is 0 Å². The van der Waals surface area contributed by atoms with Crippen LogP contribution in [0.5, 0.6) is 0 Å². The second-order valence-electron chi connectivity index (χ2n) is 5.12. The molecule has 0 unspecified atom stereocenters. The Morgan fingerprint density at radius 3 is 2.72 bits per heavy atom. The lowest BCUT2D eigenvalue weighted by Gasteiger charge is -2.27. The first-order valence-corrected chi connectivity index (χ1v) is 6.81. The number of hydrogen-bond acceptors (Lipinski definition) is 2. The highest BCUT2D eigenvalue weighted by Crippen LogP contribution is 2.18. The third kappa shape index (κ3) is 2.55. The number of fused-ring (bicyclic) bond motifs is 1. The molecule has 1 aliphatic rings. The van der Waals surface area contributed by atoms with Gasteiger partial charge in [-0.25, -0.2) is 0 Å². The monoisotopic (exact) mass is 240 g/mol. The predicted molar refractivity (Wildman–Crippen MR) is 76.9 cm³/mol. The zero-order valence-corrected chi connectivity index (χ0v) is 10.7. The number of hydrogen-bond donors (Lipinski definition) is 2. The van der Waals surface area contributed by atoms with Crippen molar-refractivity contribution in [1.82, 2.24) is 10.6 Å². The smallest absolute Gasteiger partial charge is 0.000394 e. The van der Waals surface area contributed by atoms with E-state index in [1.807, 2.05) is 0 Å². The van der Waals surface area contributed by atoms with Gasteiger partial charge in [-0.3, -0.25) is 0 Å². The Hall–Kier alpha value is -1.38. The maximum absolute atomic E-state index is 3.56. The second-order valence-corrected chi connectivity index (χ2v) is 5.12. The van der Waals surface area contributed by atoms with E-state index in [2.05, 4.69) is 53.1 Å². The third-order valence-corrected chi connectivity index (χ3v) is 3.75. The normalized spacial score (nSPS) is 15.8. The first-order valence-electron chi connectivity index (χ1n) is 6.81. The molecule has 0 bridgehead atoms. The SMILES string of the molecule is c1ccc2c(CCNCC3CNC3)cccc2c1. The second kappa shape index (κ2) is 5.51. The average Bonchev–Trinajstić information content (AvgIpc) is 2.36. The van der Waals surface area contributed by atoms with E-state index in [1.165, 1.54) is 29.4 Å². The number of rotatable bonds is 5. The fourth-order valence-electron chi connectivity index (χ4n) is 2.53. The molecular formula is C16H20N2. The molecule has 1 aliphatic heterocycles. The molecule has 94 valence electrons. The van der Waals surface area contributed by atoms with Gasteiger partial charge in [0.15, 0.2) is 0 Å². The van der Waals surface area contributed by atoms with Gasteiger partial charge in [0.25, 0.3) is 0 Å². The van der Waals surface area contributed by atoms with Crippen molar-refractivity contribution in [2.24, 2.45) is 5.92 Å². The van der Waals surface area contributed by atoms with E-state index in [1.54, 1.807) is 0 Å². The minimum atomic E-state index is 0.845. The molecule has 3 rings (SSSR count). The molecule has 18 heavy (non-hydrogen) atoms. The van der Waals surface area contributed by atoms with Gasteiger partial charge in [-0.15, -0.1) is 0 Å². The van der Waals surface area contributed by atoms with Gasteiger partial charge in [0.05, 0.1) is 0 Å². The Bertz CT molecular complexity index is 512. The van der Waals surface area contributed by atoms with Crippen LogP contribution in [0.1, 0.15) is 5.56 Å². The van der Waals surface area contributed by atoms with Crippen molar-refractivity contribution >= 4 is 10.8 Å². The van der Waals surface area contributed by atoms with Crippen molar-refractivity contribution in [3.05, 3.63) is 48.0 Å². The minimum absolute atomic E-state index is 0.845. The summed E-state index contributed by atoms with van der Waals surface area (Å²) in [4.78, 5) is 0. The van der Waals surface area contributed by atoms with E-state index < -0.39 is 0 Å². The molecule has 0 atom stereocenters. The molecule has 0 aliphatic carbocycles. The first-order chi connectivity index (χ1) is 8.93. The quantitative estimate of drug-likeness (QED) is 0.783. The molecule has 0 amide bonds. The zero-order valence-electron chi connectivity index (χ0n) is 10.7. The summed E-state index contributed by atoms with van der Waals surface area (Å²) >= 11 is 0. The van der Waals surface area contributed by atoms with Crippen LogP contribution in [0.25, 0.3) is 10.8 Å². The lowest BCUT2D eigenvalue weighted by Crippen LogP contribution is -2.47. The van der Waals surface area contributed by atoms with E-state index in [0.717, 1.165) is 25.4 Å². The van der Waals surface area contributed by atoms with Crippen LogP contribution in [-0.4, -0.2) is 26.2 Å². The van der Waals surface area contributed by atoms with Gasteiger partial charge in [-0.2, -0.15) is 0 Å². The lowest BCUT2D eigenvalue weighted by molar-refractivity contribution is 0.333. The first kappa shape index (κ1) is 11.7.